The Hall–Kier alpha value is 1.22. The van der Waals surface area contributed by atoms with Gasteiger partial charge in [0.2, 0.25) is 0 Å². The van der Waals surface area contributed by atoms with Gasteiger partial charge in [0.05, 0.1) is 10.3 Å². The zero-order valence-corrected chi connectivity index (χ0v) is 14.6. The second-order valence-corrected chi connectivity index (χ2v) is 8.98. The molecule has 0 aromatic rings. The first kappa shape index (κ1) is 16.6. The molecule has 0 aromatic carbocycles. The van der Waals surface area contributed by atoms with Crippen LogP contribution in [0.25, 0.3) is 0 Å². The molecular weight excluding hydrogens is 369 g/mol. The Morgan fingerprint density at radius 1 is 0.895 bits per heavy atom. The fourth-order valence-electron chi connectivity index (χ4n) is 2.63. The normalized spacial score (nSPS) is 38.1. The third-order valence-corrected chi connectivity index (χ3v) is 8.30. The molecule has 0 spiro atoms. The van der Waals surface area contributed by atoms with Crippen LogP contribution in [0.3, 0.4) is 0 Å². The molecule has 0 saturated heterocycles. The van der Waals surface area contributed by atoms with Gasteiger partial charge in [0.1, 0.15) is 0 Å². The summed E-state index contributed by atoms with van der Waals surface area (Å²) >= 11 is 38.9. The van der Waals surface area contributed by atoms with Gasteiger partial charge in [-0.2, -0.15) is 0 Å². The van der Waals surface area contributed by atoms with E-state index >= 15 is 0 Å². The van der Waals surface area contributed by atoms with Gasteiger partial charge < -0.3 is 0 Å². The van der Waals surface area contributed by atoms with Crippen LogP contribution in [0.1, 0.15) is 25.7 Å². The van der Waals surface area contributed by atoms with Crippen LogP contribution in [0.4, 0.5) is 0 Å². The monoisotopic (exact) mass is 380 g/mol. The maximum absolute atomic E-state index is 6.81. The summed E-state index contributed by atoms with van der Waals surface area (Å²) in [6.07, 6.45) is 10.8. The second-order valence-electron chi connectivity index (χ2n) is 5.07. The molecule has 0 bridgehead atoms. The lowest BCUT2D eigenvalue weighted by molar-refractivity contribution is 0.341. The van der Waals surface area contributed by atoms with E-state index in [1.807, 2.05) is 24.3 Å². The molecule has 6 heteroatoms. The third kappa shape index (κ3) is 2.67. The minimum Gasteiger partial charge on any atom is -0.120 e. The molecule has 1 saturated carbocycles. The maximum Gasteiger partial charge on any atom is 0.172 e. The Morgan fingerprint density at radius 2 is 1.47 bits per heavy atom. The van der Waals surface area contributed by atoms with E-state index < -0.39 is 18.9 Å². The smallest absolute Gasteiger partial charge is 0.120 e. The third-order valence-electron chi connectivity index (χ3n) is 3.86. The van der Waals surface area contributed by atoms with Crippen molar-refractivity contribution in [1.82, 2.24) is 0 Å². The largest absolute Gasteiger partial charge is 0.172 e. The van der Waals surface area contributed by atoms with E-state index in [4.69, 9.17) is 69.6 Å². The van der Waals surface area contributed by atoms with Crippen molar-refractivity contribution in [3.8, 4) is 0 Å². The molecule has 0 aromatic heterocycles. The van der Waals surface area contributed by atoms with Crippen molar-refractivity contribution in [2.75, 3.05) is 0 Å². The van der Waals surface area contributed by atoms with E-state index in [0.717, 1.165) is 12.8 Å². The quantitative estimate of drug-likeness (QED) is 0.471. The fraction of sp³-hybridized carbons (Fsp3) is 0.692. The molecule has 2 atom stereocenters. The van der Waals surface area contributed by atoms with Crippen molar-refractivity contribution < 1.29 is 0 Å². The average molecular weight is 383 g/mol. The molecule has 2 aliphatic carbocycles. The van der Waals surface area contributed by atoms with Gasteiger partial charge in [0.15, 0.2) is 8.67 Å². The topological polar surface area (TPSA) is 0 Å². The van der Waals surface area contributed by atoms with Gasteiger partial charge in [-0.25, -0.2) is 0 Å². The molecule has 0 nitrogen and oxygen atoms in total. The second kappa shape index (κ2) is 5.78. The zero-order valence-electron chi connectivity index (χ0n) is 10.1. The summed E-state index contributed by atoms with van der Waals surface area (Å²) in [5, 5.41) is -0.543. The van der Waals surface area contributed by atoms with Gasteiger partial charge in [-0.3, -0.25) is 0 Å². The lowest BCUT2D eigenvalue weighted by Crippen LogP contribution is -2.59. The first-order valence-electron chi connectivity index (χ1n) is 6.17. The lowest BCUT2D eigenvalue weighted by atomic mass is 9.80. The summed E-state index contributed by atoms with van der Waals surface area (Å²) < 4.78 is -3.06. The van der Waals surface area contributed by atoms with Crippen LogP contribution in [0.15, 0.2) is 24.3 Å². The van der Waals surface area contributed by atoms with Crippen LogP contribution in [0, 0.1) is 5.92 Å². The van der Waals surface area contributed by atoms with Gasteiger partial charge in [0, 0.05) is 5.92 Å². The first-order valence-corrected chi connectivity index (χ1v) is 8.50. The molecule has 0 radical (unpaired) electrons. The molecule has 0 N–H and O–H groups in total. The minimum atomic E-state index is -1.55. The van der Waals surface area contributed by atoms with Crippen molar-refractivity contribution in [3.05, 3.63) is 24.3 Å². The predicted octanol–water partition coefficient (Wildman–Crippen LogP) is 6.24. The number of halogens is 6. The predicted molar refractivity (Wildman–Crippen MR) is 87.3 cm³/mol. The molecule has 108 valence electrons. The van der Waals surface area contributed by atoms with E-state index in [1.165, 1.54) is 0 Å². The Labute approximate surface area is 144 Å². The van der Waals surface area contributed by atoms with E-state index in [2.05, 4.69) is 0 Å². The summed E-state index contributed by atoms with van der Waals surface area (Å²) in [5.74, 6) is -0.108. The van der Waals surface area contributed by atoms with Crippen LogP contribution < -0.4 is 0 Å². The van der Waals surface area contributed by atoms with Gasteiger partial charge in [0.25, 0.3) is 0 Å². The highest BCUT2D eigenvalue weighted by Gasteiger charge is 2.65. The number of alkyl halides is 6. The van der Waals surface area contributed by atoms with Crippen molar-refractivity contribution in [2.24, 2.45) is 5.92 Å². The summed E-state index contributed by atoms with van der Waals surface area (Å²) in [4.78, 5) is -0.976. The van der Waals surface area contributed by atoms with Gasteiger partial charge >= 0.3 is 0 Å². The van der Waals surface area contributed by atoms with Gasteiger partial charge in [-0.1, -0.05) is 83.5 Å². The Balaban J connectivity index is 2.45. The van der Waals surface area contributed by atoms with Crippen molar-refractivity contribution >= 4 is 69.6 Å². The standard InChI is InChI=1S/C13H14Cl6/c14-10-7-3-4-8-11(15,9-5-1-2-6-9)13(18,19)12(10,16)17/h1-2,5-6,9-10H,3-4,7-8H2. The Morgan fingerprint density at radius 3 is 2.05 bits per heavy atom. The molecule has 0 aliphatic heterocycles. The maximum atomic E-state index is 6.81. The fourth-order valence-corrected chi connectivity index (χ4v) is 4.85. The highest BCUT2D eigenvalue weighted by atomic mass is 35.5. The van der Waals surface area contributed by atoms with Crippen LogP contribution in [0.2, 0.25) is 0 Å². The van der Waals surface area contributed by atoms with Gasteiger partial charge in [-0.05, 0) is 12.8 Å². The highest BCUT2D eigenvalue weighted by Crippen LogP contribution is 2.61. The molecule has 0 heterocycles. The van der Waals surface area contributed by atoms with Crippen molar-refractivity contribution in [3.63, 3.8) is 0 Å². The van der Waals surface area contributed by atoms with Gasteiger partial charge in [-0.15, -0.1) is 23.2 Å². The number of allylic oxidation sites excluding steroid dienone is 4. The Kier molecular flexibility index (Phi) is 5.05. The van der Waals surface area contributed by atoms with Crippen LogP contribution in [-0.4, -0.2) is 18.9 Å². The van der Waals surface area contributed by atoms with E-state index in [-0.39, 0.29) is 5.92 Å². The molecule has 2 rings (SSSR count). The SMILES string of the molecule is ClC1CCCCC(Cl)(C2C=CC=C2)C(Cl)(Cl)C1(Cl)Cl. The number of rotatable bonds is 1. The summed E-state index contributed by atoms with van der Waals surface area (Å²) in [7, 11) is 0. The zero-order chi connectivity index (χ0) is 14.3. The minimum absolute atomic E-state index is 0.108. The highest BCUT2D eigenvalue weighted by molar-refractivity contribution is 6.66. The lowest BCUT2D eigenvalue weighted by Gasteiger charge is -2.49. The molecule has 2 unspecified atom stereocenters. The molecule has 0 amide bonds. The molecular formula is C13H14Cl6. The summed E-state index contributed by atoms with van der Waals surface area (Å²) in [5.41, 5.74) is 0. The van der Waals surface area contributed by atoms with E-state index in [1.54, 1.807) is 0 Å². The number of hydrogen-bond acceptors (Lipinski definition) is 0. The Bertz CT molecular complexity index is 388. The molecule has 19 heavy (non-hydrogen) atoms. The van der Waals surface area contributed by atoms with Crippen LogP contribution >= 0.6 is 69.6 Å². The van der Waals surface area contributed by atoms with Crippen LogP contribution in [0.5, 0.6) is 0 Å². The van der Waals surface area contributed by atoms with E-state index in [9.17, 15) is 0 Å². The molecule has 2 aliphatic rings. The summed E-state index contributed by atoms with van der Waals surface area (Å²) in [6.45, 7) is 0. The number of hydrogen-bond donors (Lipinski definition) is 0. The first-order chi connectivity index (χ1) is 8.73. The summed E-state index contributed by atoms with van der Waals surface area (Å²) in [6, 6.07) is 0. The average Bonchev–Trinajstić information content (AvgIpc) is 2.86. The van der Waals surface area contributed by atoms with E-state index in [0.29, 0.717) is 12.8 Å². The molecule has 1 fully saturated rings. The van der Waals surface area contributed by atoms with Crippen LogP contribution in [-0.2, 0) is 0 Å². The van der Waals surface area contributed by atoms with Crippen molar-refractivity contribution in [2.45, 2.75) is 44.6 Å². The van der Waals surface area contributed by atoms with Crippen molar-refractivity contribution in [1.29, 1.82) is 0 Å².